The van der Waals surface area contributed by atoms with Gasteiger partial charge in [-0.25, -0.2) is 4.79 Å². The van der Waals surface area contributed by atoms with E-state index in [-0.39, 0.29) is 29.0 Å². The van der Waals surface area contributed by atoms with Crippen LogP contribution in [0.3, 0.4) is 0 Å². The summed E-state index contributed by atoms with van der Waals surface area (Å²) in [5.41, 5.74) is -1.97. The average molecular weight is 313 g/mol. The Kier molecular flexibility index (Phi) is 3.01. The second kappa shape index (κ2) is 4.56. The molecular weight excluding hydrogens is 303 g/mol. The zero-order valence-corrected chi connectivity index (χ0v) is 11.1. The van der Waals surface area contributed by atoms with Crippen molar-refractivity contribution in [2.45, 2.75) is 25.4 Å². The van der Waals surface area contributed by atoms with E-state index in [0.717, 1.165) is 0 Å². The van der Waals surface area contributed by atoms with Crippen LogP contribution in [0.15, 0.2) is 24.3 Å². The maximum Gasteiger partial charge on any atom is 0.395 e. The molecule has 0 radical (unpaired) electrons. The molecule has 1 aliphatic heterocycles. The molecule has 1 saturated carbocycles. The number of carbonyl (C=O) groups excluding carboxylic acids is 3. The first-order chi connectivity index (χ1) is 10.3. The maximum absolute atomic E-state index is 12.8. The number of hydrogen-bond donors (Lipinski definition) is 0. The summed E-state index contributed by atoms with van der Waals surface area (Å²) >= 11 is 0. The first-order valence-electron chi connectivity index (χ1n) is 6.50. The van der Waals surface area contributed by atoms with Crippen LogP contribution in [0.2, 0.25) is 0 Å². The number of fused-ring (bicyclic) bond motifs is 1. The van der Waals surface area contributed by atoms with E-state index in [1.54, 1.807) is 0 Å². The van der Waals surface area contributed by atoms with Gasteiger partial charge in [0, 0.05) is 0 Å². The molecule has 0 unspecified atom stereocenters. The number of nitrogens with zero attached hydrogens (tertiary/aromatic N) is 1. The average Bonchev–Trinajstić information content (AvgIpc) is 3.19. The number of carbonyl (C=O) groups is 3. The van der Waals surface area contributed by atoms with Gasteiger partial charge < -0.3 is 4.84 Å². The lowest BCUT2D eigenvalue weighted by molar-refractivity contribution is -0.202. The van der Waals surface area contributed by atoms with Crippen molar-refractivity contribution in [1.82, 2.24) is 5.06 Å². The predicted molar refractivity (Wildman–Crippen MR) is 65.4 cm³/mol. The Bertz CT molecular complexity index is 644. The van der Waals surface area contributed by atoms with Crippen LogP contribution in [0.25, 0.3) is 0 Å². The highest BCUT2D eigenvalue weighted by Crippen LogP contribution is 2.60. The quantitative estimate of drug-likeness (QED) is 0.804. The van der Waals surface area contributed by atoms with Crippen molar-refractivity contribution >= 4 is 17.8 Å². The fourth-order valence-electron chi connectivity index (χ4n) is 2.37. The molecule has 1 aliphatic carbocycles. The molecule has 3 rings (SSSR count). The third-order valence-corrected chi connectivity index (χ3v) is 3.89. The second-order valence-electron chi connectivity index (χ2n) is 5.37. The summed E-state index contributed by atoms with van der Waals surface area (Å²) in [5.74, 6) is -2.96. The molecule has 1 aromatic rings. The Morgan fingerprint density at radius 3 is 2.05 bits per heavy atom. The highest BCUT2D eigenvalue weighted by atomic mass is 19.4. The predicted octanol–water partition coefficient (Wildman–Crippen LogP) is 2.47. The van der Waals surface area contributed by atoms with Gasteiger partial charge in [-0.2, -0.15) is 13.2 Å². The summed E-state index contributed by atoms with van der Waals surface area (Å²) < 4.78 is 38.3. The van der Waals surface area contributed by atoms with E-state index in [1.165, 1.54) is 24.3 Å². The van der Waals surface area contributed by atoms with Crippen molar-refractivity contribution in [1.29, 1.82) is 0 Å². The van der Waals surface area contributed by atoms with Crippen molar-refractivity contribution in [2.75, 3.05) is 0 Å². The Balaban J connectivity index is 1.72. The molecule has 1 fully saturated rings. The minimum atomic E-state index is -4.51. The molecule has 1 aromatic carbocycles. The van der Waals surface area contributed by atoms with E-state index in [2.05, 4.69) is 4.84 Å². The van der Waals surface area contributed by atoms with Crippen LogP contribution in [-0.2, 0) is 9.63 Å². The number of hydrogen-bond acceptors (Lipinski definition) is 4. The first kappa shape index (κ1) is 14.6. The standard InChI is InChI=1S/C14H10F3NO4/c15-14(16,17)13(5-6-13)7-10(19)22-18-11(20)8-3-1-2-4-9(8)12(18)21/h1-4H,5-7H2. The molecule has 2 amide bonds. The van der Waals surface area contributed by atoms with Crippen LogP contribution < -0.4 is 0 Å². The monoisotopic (exact) mass is 313 g/mol. The Hall–Kier alpha value is -2.38. The fraction of sp³-hybridized carbons (Fsp3) is 0.357. The van der Waals surface area contributed by atoms with Gasteiger partial charge in [0.1, 0.15) is 0 Å². The van der Waals surface area contributed by atoms with E-state index in [9.17, 15) is 27.6 Å². The molecular formula is C14H10F3NO4. The number of halogens is 3. The lowest BCUT2D eigenvalue weighted by Gasteiger charge is -2.19. The highest BCUT2D eigenvalue weighted by molar-refractivity contribution is 6.20. The van der Waals surface area contributed by atoms with Crippen LogP contribution in [0.5, 0.6) is 0 Å². The van der Waals surface area contributed by atoms with Crippen LogP contribution >= 0.6 is 0 Å². The molecule has 0 spiro atoms. The van der Waals surface area contributed by atoms with E-state index in [1.807, 2.05) is 0 Å². The number of rotatable bonds is 3. The maximum atomic E-state index is 12.8. The minimum absolute atomic E-state index is 0.0530. The molecule has 5 nitrogen and oxygen atoms in total. The fourth-order valence-corrected chi connectivity index (χ4v) is 2.37. The summed E-state index contributed by atoms with van der Waals surface area (Å²) in [6.07, 6.45) is -5.72. The summed E-state index contributed by atoms with van der Waals surface area (Å²) in [6, 6.07) is 5.80. The molecule has 0 atom stereocenters. The molecule has 8 heteroatoms. The number of amides is 2. The molecule has 0 saturated heterocycles. The van der Waals surface area contributed by atoms with E-state index >= 15 is 0 Å². The first-order valence-corrected chi connectivity index (χ1v) is 6.50. The van der Waals surface area contributed by atoms with Gasteiger partial charge in [-0.1, -0.05) is 17.2 Å². The van der Waals surface area contributed by atoms with Crippen LogP contribution in [0.4, 0.5) is 13.2 Å². The zero-order valence-electron chi connectivity index (χ0n) is 11.1. The summed E-state index contributed by atoms with van der Waals surface area (Å²) in [6.45, 7) is 0. The molecule has 0 aromatic heterocycles. The molecule has 0 N–H and O–H groups in total. The smallest absolute Gasteiger partial charge is 0.330 e. The lowest BCUT2D eigenvalue weighted by atomic mass is 10.0. The van der Waals surface area contributed by atoms with Crippen LogP contribution in [0.1, 0.15) is 40.0 Å². The SMILES string of the molecule is O=C(CC1(C(F)(F)F)CC1)ON1C(=O)c2ccccc2C1=O. The third-order valence-electron chi connectivity index (χ3n) is 3.89. The zero-order chi connectivity index (χ0) is 16.1. The van der Waals surface area contributed by atoms with Crippen molar-refractivity contribution in [3.05, 3.63) is 35.4 Å². The van der Waals surface area contributed by atoms with Gasteiger partial charge in [-0.05, 0) is 25.0 Å². The molecule has 2 aliphatic rings. The lowest BCUT2D eigenvalue weighted by Crippen LogP contribution is -2.35. The second-order valence-corrected chi connectivity index (χ2v) is 5.37. The van der Waals surface area contributed by atoms with E-state index in [0.29, 0.717) is 0 Å². The third kappa shape index (κ3) is 2.15. The summed E-state index contributed by atoms with van der Waals surface area (Å²) in [7, 11) is 0. The normalized spacial score (nSPS) is 19.1. The largest absolute Gasteiger partial charge is 0.395 e. The van der Waals surface area contributed by atoms with Gasteiger partial charge >= 0.3 is 12.1 Å². The van der Waals surface area contributed by atoms with Crippen molar-refractivity contribution < 1.29 is 32.4 Å². The number of benzene rings is 1. The van der Waals surface area contributed by atoms with Crippen LogP contribution in [-0.4, -0.2) is 29.0 Å². The van der Waals surface area contributed by atoms with Crippen molar-refractivity contribution in [2.24, 2.45) is 5.41 Å². The van der Waals surface area contributed by atoms with Gasteiger partial charge in [0.2, 0.25) is 0 Å². The van der Waals surface area contributed by atoms with Gasteiger partial charge in [-0.15, -0.1) is 0 Å². The minimum Gasteiger partial charge on any atom is -0.330 e. The highest BCUT2D eigenvalue weighted by Gasteiger charge is 2.64. The molecule has 22 heavy (non-hydrogen) atoms. The van der Waals surface area contributed by atoms with Gasteiger partial charge in [0.25, 0.3) is 11.8 Å². The van der Waals surface area contributed by atoms with Crippen LogP contribution in [0, 0.1) is 5.41 Å². The van der Waals surface area contributed by atoms with Crippen molar-refractivity contribution in [3.63, 3.8) is 0 Å². The molecule has 116 valence electrons. The number of alkyl halides is 3. The van der Waals surface area contributed by atoms with Gasteiger partial charge in [-0.3, -0.25) is 9.59 Å². The molecule has 0 bridgehead atoms. The summed E-state index contributed by atoms with van der Waals surface area (Å²) in [4.78, 5) is 40.1. The van der Waals surface area contributed by atoms with Crippen molar-refractivity contribution in [3.8, 4) is 0 Å². The Labute approximate surface area is 122 Å². The van der Waals surface area contributed by atoms with E-state index < -0.39 is 35.8 Å². The topological polar surface area (TPSA) is 63.7 Å². The van der Waals surface area contributed by atoms with Gasteiger partial charge in [0.15, 0.2) is 0 Å². The Morgan fingerprint density at radius 1 is 1.14 bits per heavy atom. The molecule has 1 heterocycles. The van der Waals surface area contributed by atoms with Gasteiger partial charge in [0.05, 0.1) is 23.0 Å². The van der Waals surface area contributed by atoms with E-state index in [4.69, 9.17) is 0 Å². The number of hydroxylamine groups is 2. The Morgan fingerprint density at radius 2 is 1.64 bits per heavy atom. The summed E-state index contributed by atoms with van der Waals surface area (Å²) in [5, 5.41) is 0.222. The number of imide groups is 1.